The zero-order chi connectivity index (χ0) is 11.7. The molecule has 0 spiro atoms. The third-order valence-electron chi connectivity index (χ3n) is 2.51. The second kappa shape index (κ2) is 4.87. The fourth-order valence-electron chi connectivity index (χ4n) is 1.60. The fraction of sp³-hybridized carbons (Fsp3) is 0.250. The molecule has 0 aliphatic rings. The Hall–Kier alpha value is -0.360. The Bertz CT molecular complexity index is 500. The summed E-state index contributed by atoms with van der Waals surface area (Å²) in [5, 5.41) is 4.43. The van der Waals surface area contributed by atoms with E-state index in [0.29, 0.717) is 0 Å². The van der Waals surface area contributed by atoms with E-state index in [2.05, 4.69) is 75.7 Å². The van der Waals surface area contributed by atoms with Gasteiger partial charge in [-0.2, -0.15) is 5.10 Å². The SMILES string of the molecule is Cc1ccc(C)c(Cn2cc(Br)c(I)n2)c1. The quantitative estimate of drug-likeness (QED) is 0.710. The number of halogens is 2. The highest BCUT2D eigenvalue weighted by Crippen LogP contribution is 2.18. The lowest BCUT2D eigenvalue weighted by Crippen LogP contribution is -2.02. The maximum atomic E-state index is 4.43. The first-order valence-electron chi connectivity index (χ1n) is 5.01. The van der Waals surface area contributed by atoms with Crippen molar-refractivity contribution in [1.29, 1.82) is 0 Å². The Morgan fingerprint density at radius 1 is 1.38 bits per heavy atom. The van der Waals surface area contributed by atoms with Gasteiger partial charge >= 0.3 is 0 Å². The van der Waals surface area contributed by atoms with Crippen molar-refractivity contribution >= 4 is 38.5 Å². The predicted molar refractivity (Wildman–Crippen MR) is 77.7 cm³/mol. The molecule has 0 amide bonds. The molecule has 2 aromatic rings. The van der Waals surface area contributed by atoms with E-state index in [0.717, 1.165) is 14.7 Å². The van der Waals surface area contributed by atoms with Crippen molar-refractivity contribution in [1.82, 2.24) is 9.78 Å². The largest absolute Gasteiger partial charge is 0.266 e. The van der Waals surface area contributed by atoms with Gasteiger partial charge in [0.25, 0.3) is 0 Å². The molecular formula is C12H12BrIN2. The van der Waals surface area contributed by atoms with Crippen molar-refractivity contribution < 1.29 is 0 Å². The fourth-order valence-corrected chi connectivity index (χ4v) is 2.33. The normalized spacial score (nSPS) is 10.8. The van der Waals surface area contributed by atoms with Crippen molar-refractivity contribution in [3.63, 3.8) is 0 Å². The van der Waals surface area contributed by atoms with Gasteiger partial charge in [-0.1, -0.05) is 23.8 Å². The molecule has 0 saturated heterocycles. The molecule has 16 heavy (non-hydrogen) atoms. The molecule has 0 aliphatic carbocycles. The minimum absolute atomic E-state index is 0.828. The van der Waals surface area contributed by atoms with E-state index in [1.807, 2.05) is 10.9 Å². The van der Waals surface area contributed by atoms with Gasteiger partial charge in [-0.15, -0.1) is 0 Å². The number of aryl methyl sites for hydroxylation is 2. The third kappa shape index (κ3) is 2.66. The van der Waals surface area contributed by atoms with E-state index < -0.39 is 0 Å². The summed E-state index contributed by atoms with van der Waals surface area (Å²) in [7, 11) is 0. The first kappa shape index (κ1) is 12.1. The van der Waals surface area contributed by atoms with E-state index in [4.69, 9.17) is 0 Å². The van der Waals surface area contributed by atoms with Gasteiger partial charge in [0, 0.05) is 6.20 Å². The predicted octanol–water partition coefficient (Wildman–Crippen LogP) is 3.92. The third-order valence-corrected chi connectivity index (χ3v) is 4.63. The summed E-state index contributed by atoms with van der Waals surface area (Å²) in [5.74, 6) is 0. The lowest BCUT2D eigenvalue weighted by molar-refractivity contribution is 0.678. The summed E-state index contributed by atoms with van der Waals surface area (Å²) in [5.41, 5.74) is 3.93. The second-order valence-corrected chi connectivity index (χ2v) is 5.77. The topological polar surface area (TPSA) is 17.8 Å². The monoisotopic (exact) mass is 390 g/mol. The van der Waals surface area contributed by atoms with E-state index >= 15 is 0 Å². The zero-order valence-electron chi connectivity index (χ0n) is 9.17. The van der Waals surface area contributed by atoms with Crippen molar-refractivity contribution in [2.24, 2.45) is 0 Å². The molecular weight excluding hydrogens is 379 g/mol. The molecule has 4 heteroatoms. The standard InChI is InChI=1S/C12H12BrIN2/c1-8-3-4-9(2)10(5-8)6-16-7-11(13)12(14)15-16/h3-5,7H,6H2,1-2H3. The summed E-state index contributed by atoms with van der Waals surface area (Å²) in [6.07, 6.45) is 2.02. The smallest absolute Gasteiger partial charge is 0.137 e. The maximum absolute atomic E-state index is 4.43. The van der Waals surface area contributed by atoms with Gasteiger partial charge in [-0.3, -0.25) is 4.68 Å². The van der Waals surface area contributed by atoms with Crippen LogP contribution in [0.15, 0.2) is 28.9 Å². The minimum atomic E-state index is 0.828. The highest BCUT2D eigenvalue weighted by molar-refractivity contribution is 14.1. The minimum Gasteiger partial charge on any atom is -0.266 e. The van der Waals surface area contributed by atoms with Crippen molar-refractivity contribution in [3.8, 4) is 0 Å². The highest BCUT2D eigenvalue weighted by atomic mass is 127. The lowest BCUT2D eigenvalue weighted by Gasteiger charge is -2.07. The molecule has 0 atom stereocenters. The average Bonchev–Trinajstić information content (AvgIpc) is 2.52. The summed E-state index contributed by atoms with van der Waals surface area (Å²) in [6, 6.07) is 6.52. The van der Waals surface area contributed by atoms with Crippen molar-refractivity contribution in [2.45, 2.75) is 20.4 Å². The van der Waals surface area contributed by atoms with Crippen molar-refractivity contribution in [3.05, 3.63) is 49.3 Å². The lowest BCUT2D eigenvalue weighted by atomic mass is 10.1. The summed E-state index contributed by atoms with van der Waals surface area (Å²) in [6.45, 7) is 5.08. The molecule has 2 rings (SSSR count). The van der Waals surface area contributed by atoms with Gasteiger partial charge in [0.15, 0.2) is 0 Å². The van der Waals surface area contributed by atoms with Crippen LogP contribution in [0.2, 0.25) is 0 Å². The van der Waals surface area contributed by atoms with Gasteiger partial charge in [0.1, 0.15) is 3.70 Å². The van der Waals surface area contributed by atoms with Crippen LogP contribution in [0.1, 0.15) is 16.7 Å². The Balaban J connectivity index is 2.29. The molecule has 0 unspecified atom stereocenters. The number of nitrogens with zero attached hydrogens (tertiary/aromatic N) is 2. The Labute approximate surface area is 117 Å². The molecule has 0 aliphatic heterocycles. The number of hydrogen-bond acceptors (Lipinski definition) is 1. The Morgan fingerprint density at radius 2 is 2.12 bits per heavy atom. The van der Waals surface area contributed by atoms with Gasteiger partial charge in [0.05, 0.1) is 11.0 Å². The second-order valence-electron chi connectivity index (χ2n) is 3.90. The molecule has 1 aromatic carbocycles. The summed E-state index contributed by atoms with van der Waals surface area (Å²) in [4.78, 5) is 0. The van der Waals surface area contributed by atoms with E-state index in [-0.39, 0.29) is 0 Å². The van der Waals surface area contributed by atoms with Crippen LogP contribution in [0.25, 0.3) is 0 Å². The number of aromatic nitrogens is 2. The molecule has 0 N–H and O–H groups in total. The molecule has 1 heterocycles. The Morgan fingerprint density at radius 3 is 2.75 bits per heavy atom. The van der Waals surface area contributed by atoms with E-state index in [9.17, 15) is 0 Å². The van der Waals surface area contributed by atoms with Crippen LogP contribution in [0.3, 0.4) is 0 Å². The molecule has 0 saturated carbocycles. The molecule has 0 bridgehead atoms. The first-order valence-corrected chi connectivity index (χ1v) is 6.88. The van der Waals surface area contributed by atoms with Gasteiger partial charge in [-0.05, 0) is 63.5 Å². The molecule has 84 valence electrons. The van der Waals surface area contributed by atoms with E-state index in [1.54, 1.807) is 0 Å². The van der Waals surface area contributed by atoms with Crippen LogP contribution in [-0.4, -0.2) is 9.78 Å². The maximum Gasteiger partial charge on any atom is 0.137 e. The van der Waals surface area contributed by atoms with Crippen LogP contribution < -0.4 is 0 Å². The molecule has 2 nitrogen and oxygen atoms in total. The van der Waals surface area contributed by atoms with Gasteiger partial charge in [0.2, 0.25) is 0 Å². The number of hydrogen-bond donors (Lipinski definition) is 0. The van der Waals surface area contributed by atoms with Crippen LogP contribution in [0, 0.1) is 17.5 Å². The number of benzene rings is 1. The molecule has 0 fully saturated rings. The van der Waals surface area contributed by atoms with Crippen molar-refractivity contribution in [2.75, 3.05) is 0 Å². The van der Waals surface area contributed by atoms with Crippen LogP contribution in [-0.2, 0) is 6.54 Å². The van der Waals surface area contributed by atoms with Crippen LogP contribution in [0.5, 0.6) is 0 Å². The Kier molecular flexibility index (Phi) is 3.69. The summed E-state index contributed by atoms with van der Waals surface area (Å²) >= 11 is 5.70. The number of rotatable bonds is 2. The van der Waals surface area contributed by atoms with Crippen LogP contribution >= 0.6 is 38.5 Å². The van der Waals surface area contributed by atoms with E-state index in [1.165, 1.54) is 16.7 Å². The van der Waals surface area contributed by atoms with Gasteiger partial charge < -0.3 is 0 Å². The highest BCUT2D eigenvalue weighted by Gasteiger charge is 2.05. The first-order chi connectivity index (χ1) is 7.56. The van der Waals surface area contributed by atoms with Gasteiger partial charge in [-0.25, -0.2) is 0 Å². The molecule has 1 aromatic heterocycles. The average molecular weight is 391 g/mol. The molecule has 0 radical (unpaired) electrons. The summed E-state index contributed by atoms with van der Waals surface area (Å²) < 4.78 is 4.02. The van der Waals surface area contributed by atoms with Crippen LogP contribution in [0.4, 0.5) is 0 Å². The zero-order valence-corrected chi connectivity index (χ0v) is 12.9.